The fourth-order valence-electron chi connectivity index (χ4n) is 1.17. The number of carboxylic acids is 1. The molecule has 5 heteroatoms. The molecule has 13 heavy (non-hydrogen) atoms. The summed E-state index contributed by atoms with van der Waals surface area (Å²) in [6.07, 6.45) is 2.10. The molecular formula is C8H19N3O2. The largest absolute Gasteiger partial charge is 0.480 e. The van der Waals surface area contributed by atoms with Gasteiger partial charge >= 0.3 is 5.97 Å². The van der Waals surface area contributed by atoms with Gasteiger partial charge in [-0.25, -0.2) is 0 Å². The average Bonchev–Trinajstić information content (AvgIpc) is 2.11. The van der Waals surface area contributed by atoms with Gasteiger partial charge in [0.05, 0.1) is 0 Å². The van der Waals surface area contributed by atoms with Gasteiger partial charge in [-0.2, -0.15) is 0 Å². The van der Waals surface area contributed by atoms with Crippen LogP contribution in [0, 0.1) is 0 Å². The second-order valence-electron chi connectivity index (χ2n) is 3.25. The van der Waals surface area contributed by atoms with E-state index in [1.807, 2.05) is 0 Å². The van der Waals surface area contributed by atoms with E-state index in [0.717, 1.165) is 0 Å². The van der Waals surface area contributed by atoms with E-state index in [4.69, 9.17) is 22.3 Å². The Morgan fingerprint density at radius 2 is 1.54 bits per heavy atom. The van der Waals surface area contributed by atoms with Gasteiger partial charge < -0.3 is 22.3 Å². The number of carbonyl (C=O) groups is 1. The molecule has 0 radical (unpaired) electrons. The lowest BCUT2D eigenvalue weighted by molar-refractivity contribution is -0.144. The number of aliphatic carboxylic acids is 1. The third-order valence-corrected chi connectivity index (χ3v) is 2.08. The maximum absolute atomic E-state index is 10.8. The number of hydrogen-bond acceptors (Lipinski definition) is 4. The van der Waals surface area contributed by atoms with E-state index in [0.29, 0.717) is 38.8 Å². The molecule has 0 saturated heterocycles. The highest BCUT2D eigenvalue weighted by molar-refractivity contribution is 5.78. The van der Waals surface area contributed by atoms with Gasteiger partial charge in [-0.05, 0) is 38.8 Å². The Hall–Kier alpha value is -0.650. The van der Waals surface area contributed by atoms with Crippen LogP contribution in [0.15, 0.2) is 0 Å². The molecular weight excluding hydrogens is 170 g/mol. The molecule has 0 fully saturated rings. The molecule has 0 aliphatic heterocycles. The van der Waals surface area contributed by atoms with Crippen molar-refractivity contribution in [2.75, 3.05) is 13.1 Å². The van der Waals surface area contributed by atoms with Crippen molar-refractivity contribution < 1.29 is 9.90 Å². The van der Waals surface area contributed by atoms with Crippen molar-refractivity contribution in [2.45, 2.75) is 31.2 Å². The third-order valence-electron chi connectivity index (χ3n) is 2.08. The molecule has 78 valence electrons. The van der Waals surface area contributed by atoms with E-state index in [9.17, 15) is 4.79 Å². The molecule has 0 aliphatic carbocycles. The smallest absolute Gasteiger partial charge is 0.323 e. The summed E-state index contributed by atoms with van der Waals surface area (Å²) in [6.45, 7) is 0.934. The summed E-state index contributed by atoms with van der Waals surface area (Å²) in [7, 11) is 0. The van der Waals surface area contributed by atoms with Crippen LogP contribution in [0.4, 0.5) is 0 Å². The van der Waals surface area contributed by atoms with Crippen LogP contribution in [-0.2, 0) is 4.79 Å². The van der Waals surface area contributed by atoms with E-state index in [2.05, 4.69) is 0 Å². The molecule has 0 unspecified atom stereocenters. The molecule has 5 nitrogen and oxygen atoms in total. The minimum atomic E-state index is -1.14. The van der Waals surface area contributed by atoms with Crippen LogP contribution in [0.2, 0.25) is 0 Å². The lowest BCUT2D eigenvalue weighted by Crippen LogP contribution is -2.48. The first-order valence-corrected chi connectivity index (χ1v) is 4.49. The number of hydrogen-bond donors (Lipinski definition) is 4. The van der Waals surface area contributed by atoms with Crippen LogP contribution in [0.25, 0.3) is 0 Å². The number of carboxylic acid groups (broad SMARTS) is 1. The van der Waals surface area contributed by atoms with Gasteiger partial charge in [-0.15, -0.1) is 0 Å². The molecule has 0 atom stereocenters. The van der Waals surface area contributed by atoms with Crippen molar-refractivity contribution in [3.05, 3.63) is 0 Å². The zero-order chi connectivity index (χ0) is 10.3. The van der Waals surface area contributed by atoms with Gasteiger partial charge in [-0.1, -0.05) is 0 Å². The van der Waals surface area contributed by atoms with Crippen molar-refractivity contribution in [3.8, 4) is 0 Å². The fraction of sp³-hybridized carbons (Fsp3) is 0.875. The molecule has 0 aromatic heterocycles. The third kappa shape index (κ3) is 4.21. The average molecular weight is 189 g/mol. The summed E-state index contributed by atoms with van der Waals surface area (Å²) < 4.78 is 0. The van der Waals surface area contributed by atoms with E-state index >= 15 is 0 Å². The Bertz CT molecular complexity index is 153. The van der Waals surface area contributed by atoms with E-state index in [1.54, 1.807) is 0 Å². The Kier molecular flexibility index (Phi) is 5.61. The molecule has 0 aromatic carbocycles. The predicted octanol–water partition coefficient (Wildman–Crippen LogP) is -0.754. The topological polar surface area (TPSA) is 115 Å². The predicted molar refractivity (Wildman–Crippen MR) is 51.1 cm³/mol. The summed E-state index contributed by atoms with van der Waals surface area (Å²) in [6, 6.07) is 0. The highest BCUT2D eigenvalue weighted by Gasteiger charge is 2.32. The lowest BCUT2D eigenvalue weighted by Gasteiger charge is -2.24. The molecule has 0 rings (SSSR count). The van der Waals surface area contributed by atoms with Crippen molar-refractivity contribution in [2.24, 2.45) is 17.2 Å². The summed E-state index contributed by atoms with van der Waals surface area (Å²) in [4.78, 5) is 10.8. The van der Waals surface area contributed by atoms with Crippen LogP contribution in [0.5, 0.6) is 0 Å². The molecule has 0 amide bonds. The first-order valence-electron chi connectivity index (χ1n) is 4.49. The van der Waals surface area contributed by atoms with Crippen molar-refractivity contribution in [3.63, 3.8) is 0 Å². The standard InChI is InChI=1S/C8H19N3O2/c9-5-1-3-8(11,7(12)13)4-2-6-10/h1-6,9-11H2,(H,12,13). The highest BCUT2D eigenvalue weighted by atomic mass is 16.4. The Morgan fingerprint density at radius 3 is 1.77 bits per heavy atom. The summed E-state index contributed by atoms with van der Waals surface area (Å²) in [5, 5.41) is 8.88. The fourth-order valence-corrected chi connectivity index (χ4v) is 1.17. The highest BCUT2D eigenvalue weighted by Crippen LogP contribution is 2.16. The monoisotopic (exact) mass is 189 g/mol. The summed E-state index contributed by atoms with van der Waals surface area (Å²) in [5.41, 5.74) is 15.1. The van der Waals surface area contributed by atoms with E-state index < -0.39 is 11.5 Å². The number of nitrogens with two attached hydrogens (primary N) is 3. The van der Waals surface area contributed by atoms with Crippen LogP contribution < -0.4 is 17.2 Å². The Balaban J connectivity index is 4.08. The van der Waals surface area contributed by atoms with Crippen molar-refractivity contribution in [1.29, 1.82) is 0 Å². The first-order chi connectivity index (χ1) is 6.06. The first kappa shape index (κ1) is 12.3. The zero-order valence-corrected chi connectivity index (χ0v) is 7.83. The molecule has 0 bridgehead atoms. The number of rotatable bonds is 7. The van der Waals surface area contributed by atoms with Gasteiger partial charge in [0.2, 0.25) is 0 Å². The molecule has 0 aromatic rings. The SMILES string of the molecule is NCCCC(N)(CCCN)C(=O)O. The molecule has 7 N–H and O–H groups in total. The van der Waals surface area contributed by atoms with Gasteiger partial charge in [0, 0.05) is 0 Å². The van der Waals surface area contributed by atoms with Gasteiger partial charge in [0.1, 0.15) is 5.54 Å². The van der Waals surface area contributed by atoms with Crippen LogP contribution in [0.3, 0.4) is 0 Å². The second kappa shape index (κ2) is 5.90. The normalized spacial score (nSPS) is 11.6. The maximum Gasteiger partial charge on any atom is 0.323 e. The summed E-state index contributed by atoms with van der Waals surface area (Å²) in [5.74, 6) is -0.964. The minimum absolute atomic E-state index is 0.416. The molecule has 0 aliphatic rings. The summed E-state index contributed by atoms with van der Waals surface area (Å²) >= 11 is 0. The van der Waals surface area contributed by atoms with Gasteiger partial charge in [-0.3, -0.25) is 4.79 Å². The molecule has 0 saturated carbocycles. The Morgan fingerprint density at radius 1 is 1.15 bits per heavy atom. The lowest BCUT2D eigenvalue weighted by atomic mass is 9.89. The maximum atomic E-state index is 10.8. The van der Waals surface area contributed by atoms with Crippen molar-refractivity contribution >= 4 is 5.97 Å². The minimum Gasteiger partial charge on any atom is -0.480 e. The molecule has 0 heterocycles. The van der Waals surface area contributed by atoms with Crippen LogP contribution in [-0.4, -0.2) is 29.7 Å². The van der Waals surface area contributed by atoms with E-state index in [-0.39, 0.29) is 0 Å². The Labute approximate surface area is 78.3 Å². The van der Waals surface area contributed by atoms with Crippen molar-refractivity contribution in [1.82, 2.24) is 0 Å². The molecule has 0 spiro atoms. The van der Waals surface area contributed by atoms with Gasteiger partial charge in [0.25, 0.3) is 0 Å². The second-order valence-corrected chi connectivity index (χ2v) is 3.25. The van der Waals surface area contributed by atoms with Crippen LogP contribution in [0.1, 0.15) is 25.7 Å². The van der Waals surface area contributed by atoms with Crippen LogP contribution >= 0.6 is 0 Å². The zero-order valence-electron chi connectivity index (χ0n) is 7.83. The van der Waals surface area contributed by atoms with E-state index in [1.165, 1.54) is 0 Å². The quantitative estimate of drug-likeness (QED) is 0.420. The van der Waals surface area contributed by atoms with Gasteiger partial charge in [0.15, 0.2) is 0 Å².